The largest absolute Gasteiger partial charge is 0.449 e. The molecule has 1 fully saturated rings. The first-order valence-electron chi connectivity index (χ1n) is 5.92. The lowest BCUT2D eigenvalue weighted by molar-refractivity contribution is -0.139. The molecule has 1 aliphatic rings. The van der Waals surface area contributed by atoms with Crippen LogP contribution in [0.2, 0.25) is 0 Å². The van der Waals surface area contributed by atoms with Crippen molar-refractivity contribution >= 4 is 6.09 Å². The molecule has 0 spiro atoms. The van der Waals surface area contributed by atoms with Gasteiger partial charge in [0.05, 0.1) is 11.6 Å². The number of ether oxygens (including phenoxy) is 1. The molecular weight excluding hydrogens is 278 g/mol. The molecule has 1 aliphatic heterocycles. The van der Waals surface area contributed by atoms with Gasteiger partial charge in [0.15, 0.2) is 0 Å². The lowest BCUT2D eigenvalue weighted by Crippen LogP contribution is -2.47. The van der Waals surface area contributed by atoms with Gasteiger partial charge in [0.2, 0.25) is 0 Å². The van der Waals surface area contributed by atoms with Gasteiger partial charge in [-0.05, 0) is 12.1 Å². The van der Waals surface area contributed by atoms with E-state index in [1.807, 2.05) is 0 Å². The molecule has 1 aromatic carbocycles. The molecule has 2 rings (SSSR count). The number of cyclic esters (lactones) is 1. The summed E-state index contributed by atoms with van der Waals surface area (Å²) in [6, 6.07) is 1.63. The van der Waals surface area contributed by atoms with Crippen LogP contribution in [0.5, 0.6) is 0 Å². The highest BCUT2D eigenvalue weighted by atomic mass is 19.4. The zero-order valence-electron chi connectivity index (χ0n) is 10.8. The van der Waals surface area contributed by atoms with Crippen LogP contribution in [0.1, 0.15) is 31.0 Å². The number of benzene rings is 1. The summed E-state index contributed by atoms with van der Waals surface area (Å²) in [4.78, 5) is 11.3. The lowest BCUT2D eigenvalue weighted by Gasteiger charge is -2.39. The molecule has 1 amide bonds. The van der Waals surface area contributed by atoms with Gasteiger partial charge in [0.25, 0.3) is 0 Å². The fourth-order valence-electron chi connectivity index (χ4n) is 2.23. The molecule has 20 heavy (non-hydrogen) atoms. The lowest BCUT2D eigenvalue weighted by atomic mass is 9.78. The summed E-state index contributed by atoms with van der Waals surface area (Å²) in [7, 11) is 0. The van der Waals surface area contributed by atoms with Gasteiger partial charge in [-0.3, -0.25) is 0 Å². The smallest absolute Gasteiger partial charge is 0.416 e. The fraction of sp³-hybridized carbons (Fsp3) is 0.462. The summed E-state index contributed by atoms with van der Waals surface area (Å²) in [5, 5.41) is 2.28. The van der Waals surface area contributed by atoms with Crippen molar-refractivity contribution < 1.29 is 27.1 Å². The van der Waals surface area contributed by atoms with Gasteiger partial charge in [-0.2, -0.15) is 13.2 Å². The number of amides is 1. The van der Waals surface area contributed by atoms with E-state index in [-0.39, 0.29) is 6.61 Å². The van der Waals surface area contributed by atoms with Gasteiger partial charge in [0, 0.05) is 11.0 Å². The molecule has 0 unspecified atom stereocenters. The summed E-state index contributed by atoms with van der Waals surface area (Å²) in [5.74, 6) is -1.000. The minimum atomic E-state index is -4.70. The quantitative estimate of drug-likeness (QED) is 0.802. The van der Waals surface area contributed by atoms with E-state index < -0.39 is 40.7 Å². The second kappa shape index (κ2) is 4.64. The molecule has 0 radical (unpaired) electrons. The molecule has 3 nitrogen and oxygen atoms in total. The van der Waals surface area contributed by atoms with Crippen molar-refractivity contribution in [2.24, 2.45) is 5.41 Å². The fourth-order valence-corrected chi connectivity index (χ4v) is 2.23. The topological polar surface area (TPSA) is 38.3 Å². The number of carbonyl (C=O) groups excluding carboxylic acids is 1. The minimum Gasteiger partial charge on any atom is -0.449 e. The molecule has 1 heterocycles. The van der Waals surface area contributed by atoms with E-state index in [1.165, 1.54) is 0 Å². The van der Waals surface area contributed by atoms with Crippen LogP contribution in [0.25, 0.3) is 0 Å². The van der Waals surface area contributed by atoms with Gasteiger partial charge in [-0.1, -0.05) is 19.9 Å². The van der Waals surface area contributed by atoms with Crippen LogP contribution in [0.3, 0.4) is 0 Å². The van der Waals surface area contributed by atoms with E-state index in [1.54, 1.807) is 13.8 Å². The van der Waals surface area contributed by atoms with E-state index in [2.05, 4.69) is 5.32 Å². The predicted octanol–water partition coefficient (Wildman–Crippen LogP) is 3.65. The van der Waals surface area contributed by atoms with Crippen LogP contribution in [0, 0.1) is 11.2 Å². The van der Waals surface area contributed by atoms with E-state index in [0.29, 0.717) is 0 Å². The third-order valence-electron chi connectivity index (χ3n) is 3.27. The van der Waals surface area contributed by atoms with Crippen molar-refractivity contribution in [2.75, 3.05) is 6.61 Å². The maximum Gasteiger partial charge on any atom is 0.416 e. The van der Waals surface area contributed by atoms with Crippen molar-refractivity contribution in [1.29, 1.82) is 0 Å². The van der Waals surface area contributed by atoms with Gasteiger partial charge in [0.1, 0.15) is 12.4 Å². The van der Waals surface area contributed by atoms with Crippen molar-refractivity contribution in [1.82, 2.24) is 5.32 Å². The van der Waals surface area contributed by atoms with Crippen LogP contribution < -0.4 is 5.32 Å². The highest BCUT2D eigenvalue weighted by Gasteiger charge is 2.44. The summed E-state index contributed by atoms with van der Waals surface area (Å²) in [5.41, 5.74) is -2.50. The number of halogens is 4. The minimum absolute atomic E-state index is 0.0882. The number of rotatable bonds is 1. The maximum atomic E-state index is 13.9. The van der Waals surface area contributed by atoms with Crippen molar-refractivity contribution in [3.63, 3.8) is 0 Å². The van der Waals surface area contributed by atoms with Gasteiger partial charge < -0.3 is 10.1 Å². The SMILES string of the molecule is CC1(C)COC(=O)N[C@H]1c1c(F)cccc1C(F)(F)F. The van der Waals surface area contributed by atoms with Gasteiger partial charge in [-0.15, -0.1) is 0 Å². The van der Waals surface area contributed by atoms with Crippen molar-refractivity contribution in [3.05, 3.63) is 35.1 Å². The first-order chi connectivity index (χ1) is 9.13. The third kappa shape index (κ3) is 2.57. The molecule has 0 bridgehead atoms. The van der Waals surface area contributed by atoms with E-state index >= 15 is 0 Å². The molecule has 1 saturated heterocycles. The molecule has 1 aromatic rings. The molecule has 1 N–H and O–H groups in total. The summed E-state index contributed by atoms with van der Waals surface area (Å²) in [6.07, 6.45) is -5.55. The Morgan fingerprint density at radius 1 is 1.35 bits per heavy atom. The third-order valence-corrected chi connectivity index (χ3v) is 3.27. The highest BCUT2D eigenvalue weighted by molar-refractivity contribution is 5.69. The van der Waals surface area contributed by atoms with E-state index in [0.717, 1.165) is 18.2 Å². The Bertz CT molecular complexity index is 540. The summed E-state index contributed by atoms with van der Waals surface area (Å²) >= 11 is 0. The van der Waals surface area contributed by atoms with Crippen LogP contribution in [-0.4, -0.2) is 12.7 Å². The van der Waals surface area contributed by atoms with Crippen LogP contribution in [0.4, 0.5) is 22.4 Å². The van der Waals surface area contributed by atoms with Crippen LogP contribution in [0.15, 0.2) is 18.2 Å². The molecule has 1 atom stereocenters. The second-order valence-electron chi connectivity index (χ2n) is 5.34. The Morgan fingerprint density at radius 2 is 2.00 bits per heavy atom. The highest BCUT2D eigenvalue weighted by Crippen LogP contribution is 2.43. The predicted molar refractivity (Wildman–Crippen MR) is 62.4 cm³/mol. The Labute approximate surface area is 112 Å². The normalized spacial score (nSPS) is 22.1. The molecule has 110 valence electrons. The monoisotopic (exact) mass is 291 g/mol. The number of alkyl carbamates (subject to hydrolysis) is 1. The zero-order valence-corrected chi connectivity index (χ0v) is 10.8. The second-order valence-corrected chi connectivity index (χ2v) is 5.34. The Balaban J connectivity index is 2.58. The average molecular weight is 291 g/mol. The Kier molecular flexibility index (Phi) is 3.39. The maximum absolute atomic E-state index is 13.9. The molecule has 0 aromatic heterocycles. The van der Waals surface area contributed by atoms with Crippen LogP contribution >= 0.6 is 0 Å². The standard InChI is InChI=1S/C13H13F4NO2/c1-12(2)6-20-11(19)18-10(12)9-7(13(15,16)17)4-3-5-8(9)14/h3-5,10H,6H2,1-2H3,(H,18,19)/t10-/m0/s1. The van der Waals surface area contributed by atoms with Gasteiger partial charge in [-0.25, -0.2) is 9.18 Å². The number of nitrogens with one attached hydrogen (secondary N) is 1. The number of carbonyl (C=O) groups is 1. The summed E-state index contributed by atoms with van der Waals surface area (Å²) < 4.78 is 57.8. The van der Waals surface area contributed by atoms with Crippen LogP contribution in [-0.2, 0) is 10.9 Å². The van der Waals surface area contributed by atoms with E-state index in [9.17, 15) is 22.4 Å². The molecule has 0 aliphatic carbocycles. The van der Waals surface area contributed by atoms with Crippen molar-refractivity contribution in [2.45, 2.75) is 26.1 Å². The number of hydrogen-bond donors (Lipinski definition) is 1. The summed E-state index contributed by atoms with van der Waals surface area (Å²) in [6.45, 7) is 3.11. The van der Waals surface area contributed by atoms with E-state index in [4.69, 9.17) is 4.74 Å². The average Bonchev–Trinajstić information content (AvgIpc) is 2.31. The van der Waals surface area contributed by atoms with Crippen molar-refractivity contribution in [3.8, 4) is 0 Å². The zero-order chi connectivity index (χ0) is 15.1. The number of alkyl halides is 3. The first-order valence-corrected chi connectivity index (χ1v) is 5.92. The molecule has 7 heteroatoms. The molecular formula is C13H13F4NO2. The molecule has 0 saturated carbocycles. The Hall–Kier alpha value is -1.79. The van der Waals surface area contributed by atoms with Gasteiger partial charge >= 0.3 is 12.3 Å². The first kappa shape index (κ1) is 14.6. The Morgan fingerprint density at radius 3 is 2.60 bits per heavy atom. The number of hydrogen-bond acceptors (Lipinski definition) is 2.